The van der Waals surface area contributed by atoms with Crippen LogP contribution in [0.5, 0.6) is 0 Å². The number of carbonyl (C=O) groups is 1. The van der Waals surface area contributed by atoms with Crippen molar-refractivity contribution in [2.24, 2.45) is 0 Å². The number of thiazole rings is 1. The zero-order chi connectivity index (χ0) is 18.5. The number of amides is 2. The topological polar surface area (TPSA) is 84.7 Å². The average molecular weight is 376 g/mol. The highest BCUT2D eigenvalue weighted by atomic mass is 32.1. The predicted octanol–water partition coefficient (Wildman–Crippen LogP) is 3.71. The van der Waals surface area contributed by atoms with Crippen LogP contribution < -0.4 is 10.6 Å². The molecule has 1 aromatic carbocycles. The van der Waals surface area contributed by atoms with Crippen molar-refractivity contribution in [3.05, 3.63) is 78.2 Å². The molecule has 0 aliphatic carbocycles. The molecule has 0 spiro atoms. The van der Waals surface area contributed by atoms with Crippen LogP contribution in [0.3, 0.4) is 0 Å². The van der Waals surface area contributed by atoms with E-state index in [1.807, 2.05) is 54.0 Å². The molecular weight excluding hydrogens is 360 g/mol. The van der Waals surface area contributed by atoms with Gasteiger partial charge in [-0.2, -0.15) is 5.10 Å². The zero-order valence-corrected chi connectivity index (χ0v) is 15.1. The van der Waals surface area contributed by atoms with Crippen molar-refractivity contribution in [1.82, 2.24) is 25.1 Å². The maximum Gasteiger partial charge on any atom is 0.319 e. The second-order valence-electron chi connectivity index (χ2n) is 5.66. The lowest BCUT2D eigenvalue weighted by molar-refractivity contribution is 0.251. The second kappa shape index (κ2) is 7.79. The first-order chi connectivity index (χ1) is 13.3. The number of anilines is 1. The summed E-state index contributed by atoms with van der Waals surface area (Å²) >= 11 is 1.58. The fraction of sp³-hybridized carbons (Fsp3) is 0.0526. The Morgan fingerprint density at radius 2 is 1.93 bits per heavy atom. The molecule has 0 unspecified atom stereocenters. The average Bonchev–Trinajstić information content (AvgIpc) is 3.41. The Kier molecular flexibility index (Phi) is 4.88. The van der Waals surface area contributed by atoms with Gasteiger partial charge in [0.15, 0.2) is 5.82 Å². The minimum absolute atomic E-state index is 0.285. The lowest BCUT2D eigenvalue weighted by Crippen LogP contribution is -2.28. The van der Waals surface area contributed by atoms with Gasteiger partial charge >= 0.3 is 6.03 Å². The summed E-state index contributed by atoms with van der Waals surface area (Å²) in [7, 11) is 0. The molecule has 0 aliphatic heterocycles. The number of rotatable bonds is 5. The third-order valence-corrected chi connectivity index (χ3v) is 4.67. The van der Waals surface area contributed by atoms with Gasteiger partial charge in [-0.05, 0) is 36.4 Å². The normalized spacial score (nSPS) is 10.5. The first-order valence-corrected chi connectivity index (χ1v) is 9.16. The molecule has 0 saturated carbocycles. The van der Waals surface area contributed by atoms with E-state index in [1.54, 1.807) is 34.6 Å². The molecular formula is C19H16N6OS. The van der Waals surface area contributed by atoms with Crippen LogP contribution in [0, 0.1) is 0 Å². The molecule has 2 N–H and O–H groups in total. The summed E-state index contributed by atoms with van der Waals surface area (Å²) in [6.07, 6.45) is 6.98. The van der Waals surface area contributed by atoms with Gasteiger partial charge in [-0.25, -0.2) is 19.4 Å². The van der Waals surface area contributed by atoms with Gasteiger partial charge in [0.25, 0.3) is 0 Å². The van der Waals surface area contributed by atoms with E-state index in [2.05, 4.69) is 25.7 Å². The summed E-state index contributed by atoms with van der Waals surface area (Å²) in [5.41, 5.74) is 2.61. The van der Waals surface area contributed by atoms with E-state index in [-0.39, 0.29) is 6.03 Å². The number of urea groups is 1. The van der Waals surface area contributed by atoms with Gasteiger partial charge in [-0.3, -0.25) is 0 Å². The lowest BCUT2D eigenvalue weighted by Gasteiger charge is -2.11. The minimum atomic E-state index is -0.285. The maximum absolute atomic E-state index is 12.2. The van der Waals surface area contributed by atoms with Crippen LogP contribution in [-0.2, 0) is 6.54 Å². The quantitative estimate of drug-likeness (QED) is 0.556. The number of carbonyl (C=O) groups excluding carboxylic acids is 1. The van der Waals surface area contributed by atoms with Gasteiger partial charge < -0.3 is 10.6 Å². The Morgan fingerprint density at radius 3 is 2.67 bits per heavy atom. The molecule has 4 rings (SSSR count). The highest BCUT2D eigenvalue weighted by Crippen LogP contribution is 2.23. The Labute approximate surface area is 159 Å². The van der Waals surface area contributed by atoms with Crippen molar-refractivity contribution >= 4 is 23.1 Å². The predicted molar refractivity (Wildman–Crippen MR) is 105 cm³/mol. The van der Waals surface area contributed by atoms with E-state index >= 15 is 0 Å². The molecule has 0 aliphatic rings. The molecule has 4 aromatic rings. The number of hydrogen-bond donors (Lipinski definition) is 2. The van der Waals surface area contributed by atoms with Crippen LogP contribution in [0.2, 0.25) is 0 Å². The van der Waals surface area contributed by atoms with Crippen LogP contribution in [0.4, 0.5) is 10.5 Å². The summed E-state index contributed by atoms with van der Waals surface area (Å²) in [6.45, 7) is 0.339. The first-order valence-electron chi connectivity index (χ1n) is 8.28. The van der Waals surface area contributed by atoms with Crippen molar-refractivity contribution in [1.29, 1.82) is 0 Å². The highest BCUT2D eigenvalue weighted by molar-refractivity contribution is 7.13. The Morgan fingerprint density at radius 1 is 1.04 bits per heavy atom. The number of nitrogens with zero attached hydrogens (tertiary/aromatic N) is 4. The standard InChI is InChI=1S/C19H16N6OS/c26-19(24-16-6-4-14(5-7-16)18-21-10-12-27-18)22-13-15-3-1-8-20-17(15)25-11-2-9-23-25/h1-12H,13H2,(H2,22,24,26). The number of hydrogen-bond acceptors (Lipinski definition) is 5. The molecule has 0 atom stereocenters. The van der Waals surface area contributed by atoms with Crippen molar-refractivity contribution in [2.45, 2.75) is 6.54 Å². The second-order valence-corrected chi connectivity index (χ2v) is 6.55. The molecule has 134 valence electrons. The van der Waals surface area contributed by atoms with Crippen molar-refractivity contribution in [3.63, 3.8) is 0 Å². The number of aromatic nitrogens is 4. The monoisotopic (exact) mass is 376 g/mol. The SMILES string of the molecule is O=C(NCc1cccnc1-n1cccn1)Nc1ccc(-c2nccs2)cc1. The van der Waals surface area contributed by atoms with E-state index in [1.165, 1.54) is 0 Å². The summed E-state index contributed by atoms with van der Waals surface area (Å²) in [4.78, 5) is 20.8. The summed E-state index contributed by atoms with van der Waals surface area (Å²) in [6, 6.07) is 12.9. The molecule has 7 nitrogen and oxygen atoms in total. The van der Waals surface area contributed by atoms with Gasteiger partial charge in [-0.15, -0.1) is 11.3 Å². The molecule has 0 fully saturated rings. The van der Waals surface area contributed by atoms with Crippen LogP contribution >= 0.6 is 11.3 Å². The molecule has 3 heterocycles. The summed E-state index contributed by atoms with van der Waals surface area (Å²) in [5.74, 6) is 0.690. The van der Waals surface area contributed by atoms with Gasteiger partial charge in [-0.1, -0.05) is 6.07 Å². The molecule has 0 saturated heterocycles. The summed E-state index contributed by atoms with van der Waals surface area (Å²) in [5, 5.41) is 12.8. The molecule has 2 amide bonds. The Bertz CT molecular complexity index is 1010. The third-order valence-electron chi connectivity index (χ3n) is 3.85. The number of nitrogens with one attached hydrogen (secondary N) is 2. The van der Waals surface area contributed by atoms with Gasteiger partial charge in [0.2, 0.25) is 0 Å². The van der Waals surface area contributed by atoms with Crippen molar-refractivity contribution in [2.75, 3.05) is 5.32 Å². The van der Waals surface area contributed by atoms with E-state index in [9.17, 15) is 4.79 Å². The Hall–Kier alpha value is -3.52. The Balaban J connectivity index is 1.38. The number of pyridine rings is 1. The van der Waals surface area contributed by atoms with Gasteiger partial charge in [0.05, 0.1) is 0 Å². The minimum Gasteiger partial charge on any atom is -0.334 e. The van der Waals surface area contributed by atoms with Crippen LogP contribution in [0.1, 0.15) is 5.56 Å². The van der Waals surface area contributed by atoms with Gasteiger partial charge in [0, 0.05) is 53.5 Å². The molecule has 0 bridgehead atoms. The highest BCUT2D eigenvalue weighted by Gasteiger charge is 2.08. The van der Waals surface area contributed by atoms with E-state index in [0.717, 1.165) is 16.1 Å². The molecule has 8 heteroatoms. The number of benzene rings is 1. The molecule has 27 heavy (non-hydrogen) atoms. The largest absolute Gasteiger partial charge is 0.334 e. The lowest BCUT2D eigenvalue weighted by atomic mass is 10.2. The fourth-order valence-electron chi connectivity index (χ4n) is 2.58. The zero-order valence-electron chi connectivity index (χ0n) is 14.2. The fourth-order valence-corrected chi connectivity index (χ4v) is 3.23. The van der Waals surface area contributed by atoms with Gasteiger partial charge in [0.1, 0.15) is 5.01 Å². The van der Waals surface area contributed by atoms with Crippen LogP contribution in [0.25, 0.3) is 16.4 Å². The van der Waals surface area contributed by atoms with E-state index < -0.39 is 0 Å². The molecule has 0 radical (unpaired) electrons. The first kappa shape index (κ1) is 16.9. The van der Waals surface area contributed by atoms with Crippen molar-refractivity contribution < 1.29 is 4.79 Å². The smallest absolute Gasteiger partial charge is 0.319 e. The van der Waals surface area contributed by atoms with E-state index in [0.29, 0.717) is 18.1 Å². The van der Waals surface area contributed by atoms with Crippen LogP contribution in [0.15, 0.2) is 72.6 Å². The van der Waals surface area contributed by atoms with E-state index in [4.69, 9.17) is 0 Å². The summed E-state index contributed by atoms with van der Waals surface area (Å²) < 4.78 is 1.67. The molecule has 3 aromatic heterocycles. The van der Waals surface area contributed by atoms with Crippen LogP contribution in [-0.4, -0.2) is 25.8 Å². The third kappa shape index (κ3) is 4.01. The maximum atomic E-state index is 12.2. The van der Waals surface area contributed by atoms with Crippen molar-refractivity contribution in [3.8, 4) is 16.4 Å².